The van der Waals surface area contributed by atoms with Gasteiger partial charge in [-0.1, -0.05) is 12.1 Å². The summed E-state index contributed by atoms with van der Waals surface area (Å²) in [5.41, 5.74) is -0.0957. The van der Waals surface area contributed by atoms with Gasteiger partial charge in [-0.05, 0) is 33.3 Å². The first kappa shape index (κ1) is 22.9. The van der Waals surface area contributed by atoms with E-state index in [9.17, 15) is 24.5 Å². The molecule has 0 unspecified atom stereocenters. The first-order valence-electron chi connectivity index (χ1n) is 9.16. The van der Waals surface area contributed by atoms with Crippen molar-refractivity contribution in [2.45, 2.75) is 33.7 Å². The van der Waals surface area contributed by atoms with Gasteiger partial charge in [-0.15, -0.1) is 0 Å². The molecule has 0 saturated heterocycles. The maximum Gasteiger partial charge on any atom is 0.341 e. The van der Waals surface area contributed by atoms with Crippen molar-refractivity contribution in [3.8, 4) is 0 Å². The quantitative estimate of drug-likeness (QED) is 0.311. The second kappa shape index (κ2) is 8.52. The smallest absolute Gasteiger partial charge is 0.341 e. The van der Waals surface area contributed by atoms with Crippen molar-refractivity contribution < 1.29 is 28.8 Å². The molecule has 1 atom stereocenters. The van der Waals surface area contributed by atoms with E-state index in [2.05, 4.69) is 0 Å². The molecule has 0 N–H and O–H groups in total. The molecule has 1 aliphatic rings. The van der Waals surface area contributed by atoms with Gasteiger partial charge in [-0.2, -0.15) is 0 Å². The van der Waals surface area contributed by atoms with Gasteiger partial charge in [-0.3, -0.25) is 14.9 Å². The van der Waals surface area contributed by atoms with E-state index >= 15 is 0 Å². The molecule has 0 aliphatic carbocycles. The molecule has 30 heavy (non-hydrogen) atoms. The van der Waals surface area contributed by atoms with E-state index in [1.807, 2.05) is 0 Å². The van der Waals surface area contributed by atoms with Crippen LogP contribution in [-0.4, -0.2) is 53.6 Å². The molecule has 10 heteroatoms. The summed E-state index contributed by atoms with van der Waals surface area (Å²) >= 11 is 0. The van der Waals surface area contributed by atoms with Gasteiger partial charge in [0.25, 0.3) is 5.69 Å². The third kappa shape index (κ3) is 4.58. The minimum absolute atomic E-state index is 0.118. The van der Waals surface area contributed by atoms with Crippen molar-refractivity contribution in [2.75, 3.05) is 20.9 Å². The van der Waals surface area contributed by atoms with Crippen LogP contribution >= 0.6 is 0 Å². The molecule has 10 nitrogen and oxygen atoms in total. The number of esters is 2. The molecular formula is C20H25N3O7. The number of allylic oxidation sites excluding steroid dienone is 1. The van der Waals surface area contributed by atoms with Gasteiger partial charge in [0.15, 0.2) is 0 Å². The molecule has 2 amide bonds. The summed E-state index contributed by atoms with van der Waals surface area (Å²) in [4.78, 5) is 50.5. The number of rotatable bonds is 5. The summed E-state index contributed by atoms with van der Waals surface area (Å²) in [5.74, 6) is -1.33. The average Bonchev–Trinajstić information content (AvgIpc) is 2.67. The molecule has 1 heterocycles. The van der Waals surface area contributed by atoms with Crippen LogP contribution < -0.4 is 0 Å². The van der Waals surface area contributed by atoms with Gasteiger partial charge in [-0.25, -0.2) is 9.59 Å². The van der Waals surface area contributed by atoms with E-state index in [0.717, 1.165) is 0 Å². The number of carbonyl (C=O) groups is 3. The molecular weight excluding hydrogens is 394 g/mol. The Bertz CT molecular complexity index is 917. The molecule has 0 fully saturated rings. The normalized spacial score (nSPS) is 17.1. The molecule has 0 spiro atoms. The summed E-state index contributed by atoms with van der Waals surface area (Å²) in [5, 5.41) is 11.2. The lowest BCUT2D eigenvalue weighted by Crippen LogP contribution is -2.47. The average molecular weight is 419 g/mol. The number of benzene rings is 1. The minimum atomic E-state index is -0.903. The van der Waals surface area contributed by atoms with Crippen LogP contribution in [0.3, 0.4) is 0 Å². The number of hydrogen-bond acceptors (Lipinski definition) is 7. The Morgan fingerprint density at radius 2 is 1.83 bits per heavy atom. The van der Waals surface area contributed by atoms with Gasteiger partial charge >= 0.3 is 18.0 Å². The number of nitro benzene ring substituents is 1. The number of likely N-dealkylation sites (N-methyl/N-ethyl adjacent to an activating group) is 1. The highest BCUT2D eigenvalue weighted by molar-refractivity contribution is 5.95. The maximum absolute atomic E-state index is 12.9. The first-order chi connectivity index (χ1) is 13.9. The third-order valence-electron chi connectivity index (χ3n) is 4.75. The van der Waals surface area contributed by atoms with Crippen LogP contribution in [0.15, 0.2) is 35.5 Å². The Morgan fingerprint density at radius 1 is 1.20 bits per heavy atom. The molecule has 0 aromatic heterocycles. The molecule has 0 saturated carbocycles. The Kier molecular flexibility index (Phi) is 6.49. The van der Waals surface area contributed by atoms with Crippen LogP contribution in [0, 0.1) is 15.5 Å². The van der Waals surface area contributed by atoms with E-state index < -0.39 is 35.1 Å². The number of ether oxygens (including phenoxy) is 2. The molecule has 1 aromatic rings. The van der Waals surface area contributed by atoms with Crippen LogP contribution in [0.2, 0.25) is 0 Å². The monoisotopic (exact) mass is 419 g/mol. The summed E-state index contributed by atoms with van der Waals surface area (Å²) in [6, 6.07) is 4.40. The van der Waals surface area contributed by atoms with Gasteiger partial charge in [0.05, 0.1) is 22.0 Å². The van der Waals surface area contributed by atoms with Gasteiger partial charge in [0, 0.05) is 31.9 Å². The predicted octanol–water partition coefficient (Wildman–Crippen LogP) is 3.00. The largest absolute Gasteiger partial charge is 0.427 e. The van der Waals surface area contributed by atoms with Crippen LogP contribution in [0.5, 0.6) is 0 Å². The Balaban J connectivity index is 2.38. The highest BCUT2D eigenvalue weighted by Gasteiger charge is 2.39. The van der Waals surface area contributed by atoms with Crippen LogP contribution in [-0.2, 0) is 19.1 Å². The van der Waals surface area contributed by atoms with Crippen molar-refractivity contribution in [1.82, 2.24) is 9.80 Å². The number of carbonyl (C=O) groups excluding carboxylic acids is 3. The van der Waals surface area contributed by atoms with E-state index in [0.29, 0.717) is 11.3 Å². The highest BCUT2D eigenvalue weighted by atomic mass is 16.7. The molecule has 1 aromatic carbocycles. The SMILES string of the molecule is CC1=C(C(=O)OCOC(=O)C(C)(C)C)[C@H](c2cccc([N+](=O)[O-])c2)N(C)C(=O)N1C. The second-order valence-corrected chi connectivity index (χ2v) is 7.94. The van der Waals surface area contributed by atoms with Crippen molar-refractivity contribution >= 4 is 23.7 Å². The van der Waals surface area contributed by atoms with Crippen molar-refractivity contribution in [3.05, 3.63) is 51.2 Å². The molecule has 1 aliphatic heterocycles. The van der Waals surface area contributed by atoms with Gasteiger partial charge in [0.1, 0.15) is 0 Å². The molecule has 0 bridgehead atoms. The number of amides is 2. The van der Waals surface area contributed by atoms with Gasteiger partial charge < -0.3 is 19.3 Å². The lowest BCUT2D eigenvalue weighted by molar-refractivity contribution is -0.384. The standard InChI is InChI=1S/C20H25N3O7/c1-12-15(17(24)29-11-30-18(25)20(2,3)4)16(22(6)19(26)21(12)5)13-8-7-9-14(10-13)23(27)28/h7-10,16H,11H2,1-6H3/t16-/m0/s1. The first-order valence-corrected chi connectivity index (χ1v) is 9.16. The lowest BCUT2D eigenvalue weighted by atomic mass is 9.93. The zero-order valence-electron chi connectivity index (χ0n) is 17.8. The highest BCUT2D eigenvalue weighted by Crippen LogP contribution is 2.37. The van der Waals surface area contributed by atoms with E-state index in [-0.39, 0.29) is 17.3 Å². The van der Waals surface area contributed by atoms with Crippen LogP contribution in [0.1, 0.15) is 39.3 Å². The Morgan fingerprint density at radius 3 is 2.40 bits per heavy atom. The summed E-state index contributed by atoms with van der Waals surface area (Å²) in [6.45, 7) is 5.98. The topological polar surface area (TPSA) is 119 Å². The molecule has 162 valence electrons. The molecule has 0 radical (unpaired) electrons. The number of hydrogen-bond donors (Lipinski definition) is 0. The minimum Gasteiger partial charge on any atom is -0.427 e. The zero-order chi connectivity index (χ0) is 22.8. The lowest BCUT2D eigenvalue weighted by Gasteiger charge is -2.39. The second-order valence-electron chi connectivity index (χ2n) is 7.94. The van der Waals surface area contributed by atoms with E-state index in [1.165, 1.54) is 42.1 Å². The summed E-state index contributed by atoms with van der Waals surface area (Å²) < 4.78 is 10.1. The van der Waals surface area contributed by atoms with Crippen molar-refractivity contribution in [3.63, 3.8) is 0 Å². The van der Waals surface area contributed by atoms with Gasteiger partial charge in [0.2, 0.25) is 6.79 Å². The fourth-order valence-electron chi connectivity index (χ4n) is 2.95. The maximum atomic E-state index is 12.9. The van der Waals surface area contributed by atoms with Crippen LogP contribution in [0.4, 0.5) is 10.5 Å². The van der Waals surface area contributed by atoms with Crippen molar-refractivity contribution in [2.24, 2.45) is 5.41 Å². The number of urea groups is 1. The summed E-state index contributed by atoms with van der Waals surface area (Å²) in [6.07, 6.45) is 0. The van der Waals surface area contributed by atoms with Crippen LogP contribution in [0.25, 0.3) is 0 Å². The molecule has 2 rings (SSSR count). The van der Waals surface area contributed by atoms with Crippen molar-refractivity contribution in [1.29, 1.82) is 0 Å². The fourth-order valence-corrected chi connectivity index (χ4v) is 2.95. The fraction of sp³-hybridized carbons (Fsp3) is 0.450. The predicted molar refractivity (Wildman–Crippen MR) is 106 cm³/mol. The zero-order valence-corrected chi connectivity index (χ0v) is 17.8. The number of nitrogens with zero attached hydrogens (tertiary/aromatic N) is 3. The van der Waals surface area contributed by atoms with E-state index in [1.54, 1.807) is 33.8 Å². The number of non-ortho nitro benzene ring substituents is 1. The Labute approximate surface area is 174 Å². The number of nitro groups is 1. The summed E-state index contributed by atoms with van der Waals surface area (Å²) in [7, 11) is 2.99. The Hall–Kier alpha value is -3.43. The third-order valence-corrected chi connectivity index (χ3v) is 4.75. The van der Waals surface area contributed by atoms with E-state index in [4.69, 9.17) is 9.47 Å².